The van der Waals surface area contributed by atoms with Crippen LogP contribution in [0.1, 0.15) is 18.1 Å². The molecule has 0 radical (unpaired) electrons. The molecule has 2 nitrogen and oxygen atoms in total. The molecule has 0 heterocycles. The summed E-state index contributed by atoms with van der Waals surface area (Å²) < 4.78 is 5.37. The fraction of sp³-hybridized carbons (Fsp3) is 0.235. The van der Waals surface area contributed by atoms with Crippen molar-refractivity contribution in [2.24, 2.45) is 0 Å². The molecule has 1 unspecified atom stereocenters. The molecule has 3 heteroatoms. The summed E-state index contributed by atoms with van der Waals surface area (Å²) in [6.45, 7) is 1.92. The molecule has 0 bridgehead atoms. The molecular weight excluding hydrogens is 272 g/mol. The van der Waals surface area contributed by atoms with Gasteiger partial charge in [-0.2, -0.15) is 0 Å². The molecule has 0 saturated carbocycles. The van der Waals surface area contributed by atoms with Crippen molar-refractivity contribution in [2.75, 3.05) is 7.11 Å². The van der Waals surface area contributed by atoms with E-state index in [2.05, 4.69) is 0 Å². The number of rotatable bonds is 5. The number of carbonyl (C=O) groups excluding carboxylic acids is 1. The molecular formula is C17H17ClO2. The number of halogens is 1. The van der Waals surface area contributed by atoms with Crippen LogP contribution in [0.15, 0.2) is 48.5 Å². The Morgan fingerprint density at radius 1 is 1.20 bits per heavy atom. The molecule has 0 spiro atoms. The van der Waals surface area contributed by atoms with Crippen LogP contribution in [0.5, 0.6) is 5.75 Å². The van der Waals surface area contributed by atoms with Crippen LogP contribution in [0.4, 0.5) is 0 Å². The van der Waals surface area contributed by atoms with Crippen LogP contribution in [-0.2, 0) is 16.6 Å². The van der Waals surface area contributed by atoms with E-state index in [4.69, 9.17) is 16.3 Å². The first-order valence-corrected chi connectivity index (χ1v) is 6.81. The fourth-order valence-electron chi connectivity index (χ4n) is 2.39. The van der Waals surface area contributed by atoms with Crippen LogP contribution in [0, 0.1) is 0 Å². The molecule has 2 aromatic carbocycles. The van der Waals surface area contributed by atoms with E-state index in [1.807, 2.05) is 55.5 Å². The SMILES string of the molecule is COc1ccccc1C(C)(C=O)Cc1cccc(Cl)c1. The normalized spacial score (nSPS) is 13.6. The van der Waals surface area contributed by atoms with Crippen LogP contribution >= 0.6 is 11.6 Å². The standard InChI is InChI=1S/C17H17ClO2/c1-17(12-19,11-13-6-5-7-14(18)10-13)15-8-3-4-9-16(15)20-2/h3-10,12H,11H2,1-2H3. The maximum atomic E-state index is 11.7. The van der Waals surface area contributed by atoms with Gasteiger partial charge in [-0.05, 0) is 37.1 Å². The van der Waals surface area contributed by atoms with Gasteiger partial charge in [0.25, 0.3) is 0 Å². The van der Waals surface area contributed by atoms with Crippen molar-refractivity contribution in [2.45, 2.75) is 18.8 Å². The summed E-state index contributed by atoms with van der Waals surface area (Å²) in [6, 6.07) is 15.2. The van der Waals surface area contributed by atoms with Crippen LogP contribution in [0.3, 0.4) is 0 Å². The minimum absolute atomic E-state index is 0.581. The summed E-state index contributed by atoms with van der Waals surface area (Å²) in [6.07, 6.45) is 1.56. The van der Waals surface area contributed by atoms with Gasteiger partial charge in [0.2, 0.25) is 0 Å². The molecule has 0 N–H and O–H groups in total. The van der Waals surface area contributed by atoms with Gasteiger partial charge in [-0.1, -0.05) is 41.9 Å². The van der Waals surface area contributed by atoms with Crippen molar-refractivity contribution < 1.29 is 9.53 Å². The third-order valence-electron chi connectivity index (χ3n) is 3.44. The summed E-state index contributed by atoms with van der Waals surface area (Å²) in [4.78, 5) is 11.7. The topological polar surface area (TPSA) is 26.3 Å². The Kier molecular flexibility index (Phi) is 4.46. The third kappa shape index (κ3) is 3.02. The highest BCUT2D eigenvalue weighted by Gasteiger charge is 2.29. The summed E-state index contributed by atoms with van der Waals surface area (Å²) in [5.74, 6) is 0.726. The maximum absolute atomic E-state index is 11.7. The van der Waals surface area contributed by atoms with Gasteiger partial charge in [0.1, 0.15) is 12.0 Å². The molecule has 20 heavy (non-hydrogen) atoms. The number of hydrogen-bond acceptors (Lipinski definition) is 2. The second kappa shape index (κ2) is 6.10. The van der Waals surface area contributed by atoms with E-state index in [1.54, 1.807) is 7.11 Å². The Morgan fingerprint density at radius 3 is 2.60 bits per heavy atom. The lowest BCUT2D eigenvalue weighted by Crippen LogP contribution is -2.27. The molecule has 2 aromatic rings. The summed E-state index contributed by atoms with van der Waals surface area (Å²) in [5.41, 5.74) is 1.27. The van der Waals surface area contributed by atoms with Crippen molar-refractivity contribution in [3.63, 3.8) is 0 Å². The highest BCUT2D eigenvalue weighted by Crippen LogP contribution is 2.33. The molecule has 0 amide bonds. The second-order valence-electron chi connectivity index (χ2n) is 5.04. The number of hydrogen-bond donors (Lipinski definition) is 0. The number of benzene rings is 2. The Bertz CT molecular complexity index is 609. The Morgan fingerprint density at radius 2 is 1.95 bits per heavy atom. The lowest BCUT2D eigenvalue weighted by molar-refractivity contribution is -0.112. The molecule has 1 atom stereocenters. The van der Waals surface area contributed by atoms with Crippen molar-refractivity contribution >= 4 is 17.9 Å². The van der Waals surface area contributed by atoms with Gasteiger partial charge in [-0.15, -0.1) is 0 Å². The number of aldehydes is 1. The largest absolute Gasteiger partial charge is 0.496 e. The van der Waals surface area contributed by atoms with Crippen LogP contribution in [0.2, 0.25) is 5.02 Å². The number of methoxy groups -OCH3 is 1. The molecule has 0 saturated heterocycles. The molecule has 104 valence electrons. The molecule has 0 aromatic heterocycles. The van der Waals surface area contributed by atoms with Gasteiger partial charge in [0, 0.05) is 10.6 Å². The summed E-state index contributed by atoms with van der Waals surface area (Å²) in [7, 11) is 1.61. The highest BCUT2D eigenvalue weighted by atomic mass is 35.5. The van der Waals surface area contributed by atoms with Crippen molar-refractivity contribution in [3.8, 4) is 5.75 Å². The van der Waals surface area contributed by atoms with Gasteiger partial charge < -0.3 is 9.53 Å². The minimum atomic E-state index is -0.642. The van der Waals surface area contributed by atoms with Crippen molar-refractivity contribution in [1.82, 2.24) is 0 Å². The van der Waals surface area contributed by atoms with E-state index >= 15 is 0 Å². The Balaban J connectivity index is 2.41. The first kappa shape index (κ1) is 14.6. The predicted octanol–water partition coefficient (Wildman–Crippen LogP) is 4.05. The van der Waals surface area contributed by atoms with Crippen LogP contribution in [-0.4, -0.2) is 13.4 Å². The first-order chi connectivity index (χ1) is 9.59. The van der Waals surface area contributed by atoms with Gasteiger partial charge in [0.15, 0.2) is 0 Å². The summed E-state index contributed by atoms with van der Waals surface area (Å²) >= 11 is 6.01. The Hall–Kier alpha value is -1.80. The van der Waals surface area contributed by atoms with E-state index in [0.29, 0.717) is 11.4 Å². The summed E-state index contributed by atoms with van der Waals surface area (Å²) in [5, 5.41) is 0.677. The smallest absolute Gasteiger partial charge is 0.130 e. The van der Waals surface area contributed by atoms with Crippen molar-refractivity contribution in [1.29, 1.82) is 0 Å². The lowest BCUT2D eigenvalue weighted by atomic mass is 9.78. The zero-order chi connectivity index (χ0) is 14.6. The van der Waals surface area contributed by atoms with Gasteiger partial charge in [-0.3, -0.25) is 0 Å². The number of para-hydroxylation sites is 1. The maximum Gasteiger partial charge on any atom is 0.130 e. The van der Waals surface area contributed by atoms with Gasteiger partial charge in [0.05, 0.1) is 12.5 Å². The molecule has 0 aliphatic rings. The average Bonchev–Trinajstić information content (AvgIpc) is 2.47. The quantitative estimate of drug-likeness (QED) is 0.776. The first-order valence-electron chi connectivity index (χ1n) is 6.43. The second-order valence-corrected chi connectivity index (χ2v) is 5.48. The monoisotopic (exact) mass is 288 g/mol. The van der Waals surface area contributed by atoms with E-state index in [1.165, 1.54) is 0 Å². The van der Waals surface area contributed by atoms with Crippen LogP contribution in [0.25, 0.3) is 0 Å². The lowest BCUT2D eigenvalue weighted by Gasteiger charge is -2.25. The molecule has 2 rings (SSSR count). The third-order valence-corrected chi connectivity index (χ3v) is 3.68. The van der Waals surface area contributed by atoms with Crippen molar-refractivity contribution in [3.05, 3.63) is 64.7 Å². The van der Waals surface area contributed by atoms with E-state index < -0.39 is 5.41 Å². The zero-order valence-corrected chi connectivity index (χ0v) is 12.4. The average molecular weight is 289 g/mol. The zero-order valence-electron chi connectivity index (χ0n) is 11.6. The minimum Gasteiger partial charge on any atom is -0.496 e. The Labute approximate surface area is 124 Å². The van der Waals surface area contributed by atoms with E-state index in [0.717, 1.165) is 23.2 Å². The van der Waals surface area contributed by atoms with Gasteiger partial charge >= 0.3 is 0 Å². The van der Waals surface area contributed by atoms with E-state index in [9.17, 15) is 4.79 Å². The molecule has 0 aliphatic heterocycles. The predicted molar refractivity (Wildman–Crippen MR) is 81.6 cm³/mol. The molecule has 0 aliphatic carbocycles. The number of carbonyl (C=O) groups is 1. The van der Waals surface area contributed by atoms with E-state index in [-0.39, 0.29) is 0 Å². The fourth-order valence-corrected chi connectivity index (χ4v) is 2.60. The van der Waals surface area contributed by atoms with Crippen LogP contribution < -0.4 is 4.74 Å². The van der Waals surface area contributed by atoms with Gasteiger partial charge in [-0.25, -0.2) is 0 Å². The number of ether oxygens (including phenoxy) is 1. The molecule has 0 fully saturated rings. The highest BCUT2D eigenvalue weighted by molar-refractivity contribution is 6.30.